The maximum atomic E-state index is 5.37. The Morgan fingerprint density at radius 1 is 0.483 bits per heavy atom. The highest BCUT2D eigenvalue weighted by atomic mass is 15.2. The fourth-order valence-corrected chi connectivity index (χ4v) is 9.97. The first kappa shape index (κ1) is 32.9. The normalized spacial score (nSPS) is 15.7. The van der Waals surface area contributed by atoms with Crippen molar-refractivity contribution in [2.24, 2.45) is 9.98 Å². The average Bonchev–Trinajstić information content (AvgIpc) is 3.73. The van der Waals surface area contributed by atoms with Crippen molar-refractivity contribution in [1.29, 1.82) is 0 Å². The van der Waals surface area contributed by atoms with Gasteiger partial charge in [0, 0.05) is 38.3 Å². The van der Waals surface area contributed by atoms with Crippen molar-refractivity contribution in [3.05, 3.63) is 210 Å². The summed E-state index contributed by atoms with van der Waals surface area (Å²) in [5.74, 6) is 1.53. The minimum Gasteiger partial charge on any atom is -0.344 e. The van der Waals surface area contributed by atoms with E-state index in [1.54, 1.807) is 0 Å². The summed E-state index contributed by atoms with van der Waals surface area (Å²) in [6.45, 7) is 4.74. The third-order valence-corrected chi connectivity index (χ3v) is 12.6. The maximum Gasteiger partial charge on any atom is 0.159 e. The predicted molar refractivity (Wildman–Crippen MR) is 243 cm³/mol. The summed E-state index contributed by atoms with van der Waals surface area (Å²) in [6.07, 6.45) is -0.376. The van der Waals surface area contributed by atoms with Gasteiger partial charge in [-0.05, 0) is 73.5 Å². The van der Waals surface area contributed by atoms with Crippen molar-refractivity contribution in [2.45, 2.75) is 25.4 Å². The minimum atomic E-state index is -0.376. The van der Waals surface area contributed by atoms with Gasteiger partial charge in [-0.3, -0.25) is 0 Å². The van der Waals surface area contributed by atoms with E-state index in [4.69, 9.17) is 9.98 Å². The second-order valence-electron chi connectivity index (χ2n) is 16.1. The molecule has 58 heavy (non-hydrogen) atoms. The number of hydrogen-bond donors (Lipinski definition) is 1. The molecule has 274 valence electrons. The number of amidine groups is 2. The highest BCUT2D eigenvalue weighted by molar-refractivity contribution is 6.29. The van der Waals surface area contributed by atoms with Crippen molar-refractivity contribution in [2.75, 3.05) is 0 Å². The Hall–Kier alpha value is -7.30. The van der Waals surface area contributed by atoms with Crippen LogP contribution in [0.15, 0.2) is 192 Å². The SMILES string of the molecule is CC1(C)c2ccccc2-c2cc3c4ccccc4n(-c4cccc5c6c(C7N=C(c8ccccc8)N=C(c8ccccc8)N7)cccc6c6ccccc6c45)c3cc21. The molecule has 2 heterocycles. The van der Waals surface area contributed by atoms with Crippen LogP contribution in [0.3, 0.4) is 0 Å². The van der Waals surface area contributed by atoms with Gasteiger partial charge in [-0.1, -0.05) is 172 Å². The van der Waals surface area contributed by atoms with Crippen LogP contribution in [0.4, 0.5) is 0 Å². The predicted octanol–water partition coefficient (Wildman–Crippen LogP) is 13.0. The lowest BCUT2D eigenvalue weighted by Gasteiger charge is -2.26. The Bertz CT molecular complexity index is 3390. The van der Waals surface area contributed by atoms with Gasteiger partial charge >= 0.3 is 0 Å². The van der Waals surface area contributed by atoms with E-state index < -0.39 is 0 Å². The molecule has 0 spiro atoms. The molecule has 4 heteroatoms. The van der Waals surface area contributed by atoms with E-state index in [0.29, 0.717) is 5.84 Å². The van der Waals surface area contributed by atoms with Gasteiger partial charge in [-0.2, -0.15) is 0 Å². The van der Waals surface area contributed by atoms with Crippen molar-refractivity contribution < 1.29 is 0 Å². The maximum absolute atomic E-state index is 5.37. The second-order valence-corrected chi connectivity index (χ2v) is 16.1. The number of hydrogen-bond acceptors (Lipinski definition) is 3. The van der Waals surface area contributed by atoms with E-state index >= 15 is 0 Å². The zero-order chi connectivity index (χ0) is 38.5. The number of rotatable bonds is 4. The largest absolute Gasteiger partial charge is 0.344 e. The van der Waals surface area contributed by atoms with Crippen LogP contribution in [0, 0.1) is 0 Å². The number of nitrogens with zero attached hydrogens (tertiary/aromatic N) is 3. The van der Waals surface area contributed by atoms with Crippen LogP contribution >= 0.6 is 0 Å². The summed E-state index contributed by atoms with van der Waals surface area (Å²) in [7, 11) is 0. The van der Waals surface area contributed by atoms with Crippen molar-refractivity contribution >= 4 is 65.8 Å². The molecule has 9 aromatic carbocycles. The van der Waals surface area contributed by atoms with Crippen molar-refractivity contribution in [3.8, 4) is 16.8 Å². The summed E-state index contributed by atoms with van der Waals surface area (Å²) in [5.41, 5.74) is 12.0. The summed E-state index contributed by atoms with van der Waals surface area (Å²) in [4.78, 5) is 10.5. The fraction of sp³-hybridized carbons (Fsp3) is 0.0741. The summed E-state index contributed by atoms with van der Waals surface area (Å²) in [5, 5.41) is 13.6. The molecule has 0 radical (unpaired) electrons. The summed E-state index contributed by atoms with van der Waals surface area (Å²) < 4.78 is 2.53. The van der Waals surface area contributed by atoms with Crippen LogP contribution in [-0.2, 0) is 5.41 Å². The van der Waals surface area contributed by atoms with Crippen molar-refractivity contribution in [3.63, 3.8) is 0 Å². The van der Waals surface area contributed by atoms with E-state index in [-0.39, 0.29) is 11.6 Å². The zero-order valence-corrected chi connectivity index (χ0v) is 32.2. The van der Waals surface area contributed by atoms with E-state index in [1.165, 1.54) is 82.1 Å². The number of nitrogens with one attached hydrogen (secondary N) is 1. The fourth-order valence-electron chi connectivity index (χ4n) is 9.97. The van der Waals surface area contributed by atoms with Gasteiger partial charge in [0.05, 0.1) is 16.7 Å². The van der Waals surface area contributed by atoms with Crippen LogP contribution in [0.5, 0.6) is 0 Å². The molecule has 10 aromatic rings. The Morgan fingerprint density at radius 2 is 1.12 bits per heavy atom. The molecule has 0 amide bonds. The van der Waals surface area contributed by atoms with Gasteiger partial charge in [0.2, 0.25) is 0 Å². The topological polar surface area (TPSA) is 41.7 Å². The Morgan fingerprint density at radius 3 is 1.95 bits per heavy atom. The first-order chi connectivity index (χ1) is 28.5. The van der Waals surface area contributed by atoms with Crippen LogP contribution in [0.25, 0.3) is 70.9 Å². The summed E-state index contributed by atoms with van der Waals surface area (Å²) >= 11 is 0. The number of benzene rings is 9. The van der Waals surface area contributed by atoms with Crippen LogP contribution in [0.2, 0.25) is 0 Å². The van der Waals surface area contributed by atoms with Gasteiger partial charge in [0.1, 0.15) is 12.0 Å². The molecule has 1 atom stereocenters. The van der Waals surface area contributed by atoms with E-state index in [0.717, 1.165) is 22.5 Å². The average molecular weight is 743 g/mol. The monoisotopic (exact) mass is 742 g/mol. The molecule has 1 aliphatic heterocycles. The van der Waals surface area contributed by atoms with Gasteiger partial charge in [-0.25, -0.2) is 9.98 Å². The molecule has 4 nitrogen and oxygen atoms in total. The lowest BCUT2D eigenvalue weighted by molar-refractivity contribution is 0.661. The Balaban J connectivity index is 1.16. The van der Waals surface area contributed by atoms with Gasteiger partial charge in [-0.15, -0.1) is 0 Å². The molecule has 0 saturated carbocycles. The van der Waals surface area contributed by atoms with Crippen molar-refractivity contribution in [1.82, 2.24) is 9.88 Å². The number of aromatic nitrogens is 1. The minimum absolute atomic E-state index is 0.119. The smallest absolute Gasteiger partial charge is 0.159 e. The molecular formula is C54H38N4. The molecule has 2 aliphatic rings. The first-order valence-electron chi connectivity index (χ1n) is 20.1. The van der Waals surface area contributed by atoms with E-state index in [9.17, 15) is 0 Å². The lowest BCUT2D eigenvalue weighted by atomic mass is 9.82. The number of para-hydroxylation sites is 1. The molecule has 1 aliphatic carbocycles. The van der Waals surface area contributed by atoms with Crippen LogP contribution in [-0.4, -0.2) is 16.2 Å². The molecule has 12 rings (SSSR count). The quantitative estimate of drug-likeness (QED) is 0.179. The third-order valence-electron chi connectivity index (χ3n) is 12.6. The molecule has 0 bridgehead atoms. The first-order valence-corrected chi connectivity index (χ1v) is 20.1. The van der Waals surface area contributed by atoms with Gasteiger partial charge < -0.3 is 9.88 Å². The zero-order valence-electron chi connectivity index (χ0n) is 32.2. The lowest BCUT2D eigenvalue weighted by Crippen LogP contribution is -2.33. The van der Waals surface area contributed by atoms with E-state index in [2.05, 4.69) is 194 Å². The highest BCUT2D eigenvalue weighted by Gasteiger charge is 2.36. The Labute approximate surface area is 336 Å². The molecule has 0 fully saturated rings. The molecule has 1 unspecified atom stereocenters. The van der Waals surface area contributed by atoms with Gasteiger partial charge in [0.25, 0.3) is 0 Å². The van der Waals surface area contributed by atoms with Crippen LogP contribution in [0.1, 0.15) is 47.8 Å². The number of aliphatic imine (C=N–C) groups is 2. The Kier molecular flexibility index (Phi) is 7.00. The molecular weight excluding hydrogens is 705 g/mol. The van der Waals surface area contributed by atoms with E-state index in [1.807, 2.05) is 12.1 Å². The second kappa shape index (κ2) is 12.3. The van der Waals surface area contributed by atoms with Crippen LogP contribution < -0.4 is 5.32 Å². The highest BCUT2D eigenvalue weighted by Crippen LogP contribution is 2.51. The number of fused-ring (bicyclic) bond motifs is 12. The third kappa shape index (κ3) is 4.69. The molecule has 1 aromatic heterocycles. The molecule has 0 saturated heterocycles. The van der Waals surface area contributed by atoms with Gasteiger partial charge in [0.15, 0.2) is 5.84 Å². The molecule has 1 N–H and O–H groups in total. The standard InChI is InChI=1S/C54H38N4/c1-54(2)44-28-13-11-22-36(44)42-31-43-37-23-12-14-29-46(37)58(48(43)32-45(42)54)47-30-16-26-40-49-38(35-21-9-10-24-39(35)50(40)47)25-15-27-41(49)53-56-51(33-17-5-3-6-18-33)55-52(57-53)34-19-7-4-8-20-34/h3-32,53H,1-2H3,(H,55,56,57). The summed E-state index contributed by atoms with van der Waals surface area (Å²) in [6, 6.07) is 65.9.